The highest BCUT2D eigenvalue weighted by molar-refractivity contribution is 6.13. The minimum absolute atomic E-state index is 0.270. The zero-order valence-corrected chi connectivity index (χ0v) is 7.47. The Balaban J connectivity index is 2.50. The number of nitrogens with one attached hydrogen (secondary N) is 1. The average molecular weight is 174 g/mol. The summed E-state index contributed by atoms with van der Waals surface area (Å²) in [6, 6.07) is 0.270. The van der Waals surface area contributed by atoms with Crippen LogP contribution in [0.5, 0.6) is 0 Å². The predicted molar refractivity (Wildman–Crippen MR) is 45.4 cm³/mol. The topological polar surface area (TPSA) is 29.9 Å². The van der Waals surface area contributed by atoms with Crippen LogP contribution in [-0.4, -0.2) is 15.6 Å². The standard InChI is InChI=1S/C7H12ClN3/c1-6(10-8)3-7-4-11(2)5-9-7/h4-6,10H,3H2,1-2H3/t6-/m0/s1. The molecule has 0 aliphatic rings. The molecule has 4 heteroatoms. The van der Waals surface area contributed by atoms with Crippen molar-refractivity contribution in [2.75, 3.05) is 0 Å². The van der Waals surface area contributed by atoms with Gasteiger partial charge in [0.1, 0.15) is 0 Å². The number of aromatic nitrogens is 2. The largest absolute Gasteiger partial charge is 0.340 e. The third-order valence-electron chi connectivity index (χ3n) is 1.46. The lowest BCUT2D eigenvalue weighted by Gasteiger charge is -2.03. The van der Waals surface area contributed by atoms with E-state index < -0.39 is 0 Å². The summed E-state index contributed by atoms with van der Waals surface area (Å²) in [6.45, 7) is 2.02. The van der Waals surface area contributed by atoms with E-state index in [4.69, 9.17) is 11.8 Å². The Labute approximate surface area is 71.5 Å². The van der Waals surface area contributed by atoms with E-state index in [1.165, 1.54) is 0 Å². The Morgan fingerprint density at radius 3 is 3.00 bits per heavy atom. The lowest BCUT2D eigenvalue weighted by Crippen LogP contribution is -2.18. The zero-order valence-electron chi connectivity index (χ0n) is 6.71. The molecular formula is C7H12ClN3. The van der Waals surface area contributed by atoms with Gasteiger partial charge in [-0.3, -0.25) is 0 Å². The van der Waals surface area contributed by atoms with Crippen LogP contribution in [0.25, 0.3) is 0 Å². The van der Waals surface area contributed by atoms with Gasteiger partial charge in [-0.15, -0.1) is 0 Å². The number of imidazole rings is 1. The van der Waals surface area contributed by atoms with Crippen LogP contribution < -0.4 is 4.84 Å². The molecule has 0 spiro atoms. The number of rotatable bonds is 3. The molecule has 1 rings (SSSR count). The molecule has 0 aromatic carbocycles. The lowest BCUT2D eigenvalue weighted by molar-refractivity contribution is 0.671. The highest BCUT2D eigenvalue weighted by atomic mass is 35.5. The predicted octanol–water partition coefficient (Wildman–Crippen LogP) is 1.09. The molecule has 0 fully saturated rings. The fourth-order valence-corrected chi connectivity index (χ4v) is 1.00. The van der Waals surface area contributed by atoms with E-state index in [9.17, 15) is 0 Å². The molecule has 1 N–H and O–H groups in total. The van der Waals surface area contributed by atoms with Gasteiger partial charge < -0.3 is 4.57 Å². The Bertz CT molecular complexity index is 221. The maximum Gasteiger partial charge on any atom is 0.0946 e. The molecule has 11 heavy (non-hydrogen) atoms. The summed E-state index contributed by atoms with van der Waals surface area (Å²) in [7, 11) is 1.95. The average Bonchev–Trinajstić information content (AvgIpc) is 2.35. The molecular weight excluding hydrogens is 162 g/mol. The van der Waals surface area contributed by atoms with Crippen molar-refractivity contribution in [3.8, 4) is 0 Å². The van der Waals surface area contributed by atoms with Gasteiger partial charge in [-0.05, 0) is 18.7 Å². The fourth-order valence-electron chi connectivity index (χ4n) is 0.925. The molecule has 0 bridgehead atoms. The summed E-state index contributed by atoms with van der Waals surface area (Å²) >= 11 is 5.42. The van der Waals surface area contributed by atoms with Crippen LogP contribution in [-0.2, 0) is 13.5 Å². The fraction of sp³-hybridized carbons (Fsp3) is 0.571. The van der Waals surface area contributed by atoms with Gasteiger partial charge in [0.2, 0.25) is 0 Å². The first-order valence-corrected chi connectivity index (χ1v) is 3.93. The molecule has 0 radical (unpaired) electrons. The SMILES string of the molecule is C[C@@H](Cc1cn(C)cn1)NCl. The van der Waals surface area contributed by atoms with Crippen LogP contribution in [0.2, 0.25) is 0 Å². The van der Waals surface area contributed by atoms with Crippen LogP contribution in [0, 0.1) is 0 Å². The normalized spacial score (nSPS) is 13.4. The molecule has 0 amide bonds. The summed E-state index contributed by atoms with van der Waals surface area (Å²) in [6.07, 6.45) is 4.64. The third-order valence-corrected chi connectivity index (χ3v) is 1.83. The van der Waals surface area contributed by atoms with Crippen molar-refractivity contribution in [2.45, 2.75) is 19.4 Å². The van der Waals surface area contributed by atoms with E-state index in [0.29, 0.717) is 0 Å². The van der Waals surface area contributed by atoms with Gasteiger partial charge in [-0.25, -0.2) is 9.82 Å². The Morgan fingerprint density at radius 1 is 1.82 bits per heavy atom. The second-order valence-corrected chi connectivity index (χ2v) is 2.96. The van der Waals surface area contributed by atoms with Crippen LogP contribution in [0.15, 0.2) is 12.5 Å². The zero-order chi connectivity index (χ0) is 8.27. The van der Waals surface area contributed by atoms with Crippen molar-refractivity contribution in [3.05, 3.63) is 18.2 Å². The molecule has 1 atom stereocenters. The highest BCUT2D eigenvalue weighted by Gasteiger charge is 2.02. The van der Waals surface area contributed by atoms with Crippen molar-refractivity contribution in [1.29, 1.82) is 0 Å². The second kappa shape index (κ2) is 3.74. The van der Waals surface area contributed by atoms with Gasteiger partial charge in [-0.2, -0.15) is 0 Å². The number of hydrogen-bond acceptors (Lipinski definition) is 2. The van der Waals surface area contributed by atoms with Gasteiger partial charge in [0, 0.05) is 25.7 Å². The molecule has 0 saturated carbocycles. The van der Waals surface area contributed by atoms with E-state index in [2.05, 4.69) is 9.82 Å². The molecule has 0 aliphatic carbocycles. The van der Waals surface area contributed by atoms with Crippen LogP contribution in [0.1, 0.15) is 12.6 Å². The number of aryl methyl sites for hydroxylation is 1. The molecule has 1 aromatic heterocycles. The van der Waals surface area contributed by atoms with E-state index in [1.54, 1.807) is 6.33 Å². The quantitative estimate of drug-likeness (QED) is 0.694. The minimum Gasteiger partial charge on any atom is -0.340 e. The number of hydrogen-bond donors (Lipinski definition) is 1. The second-order valence-electron chi connectivity index (χ2n) is 2.74. The summed E-state index contributed by atoms with van der Waals surface area (Å²) in [4.78, 5) is 6.81. The van der Waals surface area contributed by atoms with Gasteiger partial charge in [0.05, 0.1) is 12.0 Å². The van der Waals surface area contributed by atoms with Crippen molar-refractivity contribution >= 4 is 11.8 Å². The van der Waals surface area contributed by atoms with E-state index in [0.717, 1.165) is 12.1 Å². The van der Waals surface area contributed by atoms with E-state index >= 15 is 0 Å². The Morgan fingerprint density at radius 2 is 2.55 bits per heavy atom. The minimum atomic E-state index is 0.270. The van der Waals surface area contributed by atoms with Gasteiger partial charge in [0.25, 0.3) is 0 Å². The molecule has 0 aliphatic heterocycles. The van der Waals surface area contributed by atoms with Crippen LogP contribution in [0.4, 0.5) is 0 Å². The van der Waals surface area contributed by atoms with Crippen molar-refractivity contribution in [2.24, 2.45) is 7.05 Å². The van der Waals surface area contributed by atoms with Crippen molar-refractivity contribution < 1.29 is 0 Å². The monoisotopic (exact) mass is 173 g/mol. The first-order chi connectivity index (χ1) is 5.22. The van der Waals surface area contributed by atoms with Gasteiger partial charge in [0.15, 0.2) is 0 Å². The maximum atomic E-state index is 5.42. The van der Waals surface area contributed by atoms with E-state index in [-0.39, 0.29) is 6.04 Å². The molecule has 0 unspecified atom stereocenters. The highest BCUT2D eigenvalue weighted by Crippen LogP contribution is 1.99. The smallest absolute Gasteiger partial charge is 0.0946 e. The molecule has 62 valence electrons. The maximum absolute atomic E-state index is 5.42. The summed E-state index contributed by atoms with van der Waals surface area (Å²) in [5.41, 5.74) is 1.06. The van der Waals surface area contributed by atoms with Gasteiger partial charge in [-0.1, -0.05) is 0 Å². The van der Waals surface area contributed by atoms with Crippen LogP contribution in [0.3, 0.4) is 0 Å². The van der Waals surface area contributed by atoms with Crippen molar-refractivity contribution in [3.63, 3.8) is 0 Å². The van der Waals surface area contributed by atoms with Crippen molar-refractivity contribution in [1.82, 2.24) is 14.4 Å². The van der Waals surface area contributed by atoms with E-state index in [1.807, 2.05) is 24.7 Å². The summed E-state index contributed by atoms with van der Waals surface area (Å²) < 4.78 is 1.93. The summed E-state index contributed by atoms with van der Waals surface area (Å²) in [5, 5.41) is 0. The lowest BCUT2D eigenvalue weighted by atomic mass is 10.2. The molecule has 0 saturated heterocycles. The summed E-state index contributed by atoms with van der Waals surface area (Å²) in [5.74, 6) is 0. The molecule has 3 nitrogen and oxygen atoms in total. The number of nitrogens with zero attached hydrogens (tertiary/aromatic N) is 2. The van der Waals surface area contributed by atoms with Crippen LogP contribution >= 0.6 is 11.8 Å². The third kappa shape index (κ3) is 2.52. The van der Waals surface area contributed by atoms with Gasteiger partial charge >= 0.3 is 0 Å². The molecule has 1 aromatic rings. The Hall–Kier alpha value is -0.540. The Kier molecular flexibility index (Phi) is 2.91. The number of halogens is 1. The first kappa shape index (κ1) is 8.56. The molecule has 1 heterocycles. The first-order valence-electron chi connectivity index (χ1n) is 3.55.